The number of halogens is 1. The molecule has 2 N–H and O–H groups in total. The molecule has 0 saturated carbocycles. The number of hydrogen-bond acceptors (Lipinski definition) is 3. The molecule has 7 heteroatoms. The first-order chi connectivity index (χ1) is 9.46. The van der Waals surface area contributed by atoms with Crippen LogP contribution in [0.4, 0.5) is 4.79 Å². The van der Waals surface area contributed by atoms with E-state index in [0.29, 0.717) is 24.5 Å². The van der Waals surface area contributed by atoms with E-state index in [1.54, 1.807) is 6.07 Å². The molecule has 0 bridgehead atoms. The van der Waals surface area contributed by atoms with E-state index in [1.165, 1.54) is 0 Å². The first-order valence-electron chi connectivity index (χ1n) is 6.42. The fourth-order valence-electron chi connectivity index (χ4n) is 2.15. The van der Waals surface area contributed by atoms with Crippen molar-refractivity contribution in [2.45, 2.75) is 13.0 Å². The van der Waals surface area contributed by atoms with Crippen LogP contribution >= 0.6 is 11.6 Å². The van der Waals surface area contributed by atoms with Crippen molar-refractivity contribution in [1.82, 2.24) is 10.6 Å². The van der Waals surface area contributed by atoms with Crippen molar-refractivity contribution in [3.8, 4) is 0 Å². The molecular formula is C13H17ClN2O3S. The first-order valence-corrected chi connectivity index (χ1v) is 8.62. The maximum atomic E-state index is 11.6. The smallest absolute Gasteiger partial charge is 0.315 e. The van der Waals surface area contributed by atoms with Gasteiger partial charge in [0.15, 0.2) is 9.84 Å². The van der Waals surface area contributed by atoms with Gasteiger partial charge in [-0.1, -0.05) is 29.8 Å². The Morgan fingerprint density at radius 3 is 2.70 bits per heavy atom. The molecule has 0 aromatic heterocycles. The topological polar surface area (TPSA) is 75.3 Å². The fraction of sp³-hybridized carbons (Fsp3) is 0.462. The van der Waals surface area contributed by atoms with Crippen molar-refractivity contribution in [3.63, 3.8) is 0 Å². The highest BCUT2D eigenvalue weighted by molar-refractivity contribution is 7.91. The molecule has 0 spiro atoms. The normalized spacial score (nSPS) is 20.6. The maximum absolute atomic E-state index is 11.6. The summed E-state index contributed by atoms with van der Waals surface area (Å²) in [6.45, 7) is 0.724. The van der Waals surface area contributed by atoms with Crippen LogP contribution in [0.5, 0.6) is 0 Å². The average Bonchev–Trinajstić information content (AvgIpc) is 2.75. The molecule has 5 nitrogen and oxygen atoms in total. The van der Waals surface area contributed by atoms with Crippen LogP contribution in [0.2, 0.25) is 5.02 Å². The zero-order valence-corrected chi connectivity index (χ0v) is 12.5. The van der Waals surface area contributed by atoms with Crippen LogP contribution in [0.1, 0.15) is 12.0 Å². The van der Waals surface area contributed by atoms with Crippen molar-refractivity contribution in [3.05, 3.63) is 34.9 Å². The second-order valence-corrected chi connectivity index (χ2v) is 7.56. The van der Waals surface area contributed by atoms with Gasteiger partial charge in [-0.3, -0.25) is 0 Å². The highest BCUT2D eigenvalue weighted by Crippen LogP contribution is 2.17. The summed E-state index contributed by atoms with van der Waals surface area (Å²) in [5.41, 5.74) is 0.841. The number of rotatable bonds is 4. The van der Waals surface area contributed by atoms with E-state index in [2.05, 4.69) is 10.6 Å². The minimum atomic E-state index is -2.89. The molecule has 0 radical (unpaired) electrons. The molecule has 1 saturated heterocycles. The molecule has 1 unspecified atom stereocenters. The average molecular weight is 317 g/mol. The number of carbonyl (C=O) groups excluding carboxylic acids is 1. The van der Waals surface area contributed by atoms with Crippen LogP contribution in [0.3, 0.4) is 0 Å². The molecule has 1 aliphatic rings. The monoisotopic (exact) mass is 316 g/mol. The lowest BCUT2D eigenvalue weighted by atomic mass is 10.1. The Balaban J connectivity index is 1.73. The van der Waals surface area contributed by atoms with Gasteiger partial charge in [0.2, 0.25) is 0 Å². The van der Waals surface area contributed by atoms with Crippen molar-refractivity contribution >= 4 is 27.5 Å². The third-order valence-corrected chi connectivity index (χ3v) is 5.48. The van der Waals surface area contributed by atoms with Gasteiger partial charge >= 0.3 is 6.03 Å². The SMILES string of the molecule is O=C(NCc1ccccc1Cl)NCC1CCS(=O)(=O)C1. The first kappa shape index (κ1) is 15.1. The maximum Gasteiger partial charge on any atom is 0.315 e. The lowest BCUT2D eigenvalue weighted by Crippen LogP contribution is -2.38. The summed E-state index contributed by atoms with van der Waals surface area (Å²) in [5.74, 6) is 0.407. The van der Waals surface area contributed by atoms with Gasteiger partial charge in [0.05, 0.1) is 11.5 Å². The van der Waals surface area contributed by atoms with E-state index in [4.69, 9.17) is 11.6 Å². The lowest BCUT2D eigenvalue weighted by molar-refractivity contribution is 0.239. The predicted octanol–water partition coefficient (Wildman–Crippen LogP) is 1.57. The Hall–Kier alpha value is -1.27. The largest absolute Gasteiger partial charge is 0.338 e. The minimum Gasteiger partial charge on any atom is -0.338 e. The van der Waals surface area contributed by atoms with Crippen LogP contribution in [0.25, 0.3) is 0 Å². The molecule has 1 fully saturated rings. The summed E-state index contributed by atoms with van der Waals surface area (Å²) < 4.78 is 22.6. The zero-order chi connectivity index (χ0) is 14.6. The van der Waals surface area contributed by atoms with Gasteiger partial charge in [-0.2, -0.15) is 0 Å². The van der Waals surface area contributed by atoms with Gasteiger partial charge in [-0.05, 0) is 24.0 Å². The molecule has 0 aliphatic carbocycles. The van der Waals surface area contributed by atoms with Gasteiger partial charge in [0.1, 0.15) is 0 Å². The Morgan fingerprint density at radius 1 is 1.30 bits per heavy atom. The van der Waals surface area contributed by atoms with E-state index in [9.17, 15) is 13.2 Å². The third kappa shape index (κ3) is 4.38. The number of urea groups is 1. The van der Waals surface area contributed by atoms with Gasteiger partial charge in [-0.25, -0.2) is 13.2 Å². The quantitative estimate of drug-likeness (QED) is 0.885. The number of sulfone groups is 1. The Morgan fingerprint density at radius 2 is 2.05 bits per heavy atom. The van der Waals surface area contributed by atoms with Gasteiger partial charge < -0.3 is 10.6 Å². The van der Waals surface area contributed by atoms with Crippen molar-refractivity contribution < 1.29 is 13.2 Å². The summed E-state index contributed by atoms with van der Waals surface area (Å²) in [6.07, 6.45) is 0.618. The van der Waals surface area contributed by atoms with Crippen LogP contribution in [0, 0.1) is 5.92 Å². The summed E-state index contributed by atoms with van der Waals surface area (Å²) in [7, 11) is -2.89. The van der Waals surface area contributed by atoms with E-state index >= 15 is 0 Å². The molecule has 2 amide bonds. The van der Waals surface area contributed by atoms with Gasteiger partial charge in [0, 0.05) is 18.1 Å². The molecule has 1 heterocycles. The lowest BCUT2D eigenvalue weighted by Gasteiger charge is -2.11. The van der Waals surface area contributed by atoms with E-state index in [0.717, 1.165) is 5.56 Å². The molecule has 1 aliphatic heterocycles. The van der Waals surface area contributed by atoms with E-state index in [-0.39, 0.29) is 23.5 Å². The number of hydrogen-bond donors (Lipinski definition) is 2. The summed E-state index contributed by atoms with van der Waals surface area (Å²) in [6, 6.07) is 6.97. The standard InChI is InChI=1S/C13H17ClN2O3S/c14-12-4-2-1-3-11(12)8-16-13(17)15-7-10-5-6-20(18,19)9-10/h1-4,10H,5-9H2,(H2,15,16,17). The third-order valence-electron chi connectivity index (χ3n) is 3.28. The highest BCUT2D eigenvalue weighted by Gasteiger charge is 2.27. The molecule has 2 rings (SSSR count). The predicted molar refractivity (Wildman–Crippen MR) is 78.5 cm³/mol. The molecule has 20 heavy (non-hydrogen) atoms. The van der Waals surface area contributed by atoms with Crippen molar-refractivity contribution in [2.75, 3.05) is 18.1 Å². The highest BCUT2D eigenvalue weighted by atomic mass is 35.5. The van der Waals surface area contributed by atoms with Crippen LogP contribution in [-0.4, -0.2) is 32.5 Å². The number of nitrogens with one attached hydrogen (secondary N) is 2. The molecule has 110 valence electrons. The van der Waals surface area contributed by atoms with Gasteiger partial charge in [-0.15, -0.1) is 0 Å². The summed E-state index contributed by atoms with van der Waals surface area (Å²) in [4.78, 5) is 11.6. The molecule has 1 atom stereocenters. The van der Waals surface area contributed by atoms with Crippen molar-refractivity contribution in [1.29, 1.82) is 0 Å². The zero-order valence-electron chi connectivity index (χ0n) is 10.9. The van der Waals surface area contributed by atoms with Crippen molar-refractivity contribution in [2.24, 2.45) is 5.92 Å². The fourth-order valence-corrected chi connectivity index (χ4v) is 4.21. The molecule has 1 aromatic carbocycles. The Kier molecular flexibility index (Phi) is 4.88. The second kappa shape index (κ2) is 6.45. The minimum absolute atomic E-state index is 0.0195. The van der Waals surface area contributed by atoms with E-state index in [1.807, 2.05) is 18.2 Å². The van der Waals surface area contributed by atoms with Crippen LogP contribution < -0.4 is 10.6 Å². The second-order valence-electron chi connectivity index (χ2n) is 4.92. The molecule has 1 aromatic rings. The Bertz CT molecular complexity index is 589. The van der Waals surface area contributed by atoms with E-state index < -0.39 is 9.84 Å². The Labute approximate surface area is 123 Å². The molecular weight excluding hydrogens is 300 g/mol. The number of benzene rings is 1. The summed E-state index contributed by atoms with van der Waals surface area (Å²) >= 11 is 5.98. The number of carbonyl (C=O) groups is 1. The summed E-state index contributed by atoms with van der Waals surface area (Å²) in [5, 5.41) is 6.00. The number of amides is 2. The van der Waals surface area contributed by atoms with Gasteiger partial charge in [0.25, 0.3) is 0 Å². The van der Waals surface area contributed by atoms with Crippen LogP contribution in [0.15, 0.2) is 24.3 Å². The van der Waals surface area contributed by atoms with Crippen LogP contribution in [-0.2, 0) is 16.4 Å².